The molecule has 9 heteroatoms. The van der Waals surface area contributed by atoms with Crippen molar-refractivity contribution in [3.05, 3.63) is 76.3 Å². The van der Waals surface area contributed by atoms with Gasteiger partial charge in [-0.15, -0.1) is 0 Å². The Hall–Kier alpha value is -3.33. The molecule has 0 N–H and O–H groups in total. The third-order valence-corrected chi connectivity index (χ3v) is 6.90. The average molecular weight is 489 g/mol. The van der Waals surface area contributed by atoms with E-state index >= 15 is 0 Å². The van der Waals surface area contributed by atoms with E-state index in [1.165, 1.54) is 0 Å². The maximum absolute atomic E-state index is 5.97. The summed E-state index contributed by atoms with van der Waals surface area (Å²) in [6, 6.07) is 17.7. The van der Waals surface area contributed by atoms with Crippen LogP contribution in [0.2, 0.25) is 5.02 Å². The highest BCUT2D eigenvalue weighted by atomic mass is 35.5. The Bertz CT molecular complexity index is 1410. The molecule has 0 aliphatic carbocycles. The summed E-state index contributed by atoms with van der Waals surface area (Å²) in [4.78, 5) is 19.0. The van der Waals surface area contributed by atoms with Crippen LogP contribution >= 0.6 is 22.9 Å². The van der Waals surface area contributed by atoms with E-state index in [-0.39, 0.29) is 0 Å². The molecular weight excluding hydrogens is 468 g/mol. The molecular formula is C25H21ClN6OS. The lowest BCUT2D eigenvalue weighted by atomic mass is 10.2. The van der Waals surface area contributed by atoms with Gasteiger partial charge in [0.2, 0.25) is 11.7 Å². The van der Waals surface area contributed by atoms with Crippen LogP contribution in [0.5, 0.6) is 0 Å². The molecule has 0 atom stereocenters. The Morgan fingerprint density at radius 3 is 2.47 bits per heavy atom. The summed E-state index contributed by atoms with van der Waals surface area (Å²) < 4.78 is 5.51. The van der Waals surface area contributed by atoms with Crippen molar-refractivity contribution in [1.29, 1.82) is 0 Å². The van der Waals surface area contributed by atoms with Gasteiger partial charge in [0.15, 0.2) is 5.82 Å². The van der Waals surface area contributed by atoms with E-state index in [9.17, 15) is 0 Å². The van der Waals surface area contributed by atoms with E-state index in [1.807, 2.05) is 36.4 Å². The largest absolute Gasteiger partial charge is 0.353 e. The van der Waals surface area contributed by atoms with Crippen LogP contribution in [0.25, 0.3) is 33.7 Å². The molecule has 0 amide bonds. The molecule has 2 aromatic carbocycles. The lowest BCUT2D eigenvalue weighted by Crippen LogP contribution is -2.46. The molecule has 0 saturated carbocycles. The molecule has 1 aliphatic rings. The number of hydrogen-bond donors (Lipinski definition) is 0. The Balaban J connectivity index is 1.17. The number of anilines is 1. The fraction of sp³-hybridized carbons (Fsp3) is 0.200. The predicted molar refractivity (Wildman–Crippen MR) is 135 cm³/mol. The SMILES string of the molecule is Clc1ccc(-c2noc(CN3CCN(c4nc(-c5ccsc5)nc5ccccc45)CC3)n2)cc1. The molecule has 1 aliphatic heterocycles. The third kappa shape index (κ3) is 4.27. The van der Waals surface area contributed by atoms with Crippen molar-refractivity contribution in [2.24, 2.45) is 0 Å². The smallest absolute Gasteiger partial charge is 0.241 e. The van der Waals surface area contributed by atoms with Crippen molar-refractivity contribution in [3.8, 4) is 22.8 Å². The first-order chi connectivity index (χ1) is 16.7. The fourth-order valence-corrected chi connectivity index (χ4v) is 4.93. The van der Waals surface area contributed by atoms with Crippen LogP contribution in [0.4, 0.5) is 5.82 Å². The minimum Gasteiger partial charge on any atom is -0.353 e. The highest BCUT2D eigenvalue weighted by molar-refractivity contribution is 7.08. The molecule has 0 spiro atoms. The number of aromatic nitrogens is 4. The van der Waals surface area contributed by atoms with E-state index in [2.05, 4.69) is 48.9 Å². The Morgan fingerprint density at radius 2 is 1.68 bits per heavy atom. The van der Waals surface area contributed by atoms with Gasteiger partial charge < -0.3 is 9.42 Å². The lowest BCUT2D eigenvalue weighted by molar-refractivity contribution is 0.215. The quantitative estimate of drug-likeness (QED) is 0.328. The van der Waals surface area contributed by atoms with Gasteiger partial charge in [0.25, 0.3) is 0 Å². The number of halogens is 1. The molecule has 5 aromatic rings. The summed E-state index contributed by atoms with van der Waals surface area (Å²) in [5.41, 5.74) is 2.92. The van der Waals surface area contributed by atoms with Gasteiger partial charge in [-0.25, -0.2) is 9.97 Å². The van der Waals surface area contributed by atoms with E-state index in [0.717, 1.165) is 59.9 Å². The molecule has 0 unspecified atom stereocenters. The molecule has 34 heavy (non-hydrogen) atoms. The first kappa shape index (κ1) is 21.2. The zero-order valence-electron chi connectivity index (χ0n) is 18.3. The van der Waals surface area contributed by atoms with E-state index in [1.54, 1.807) is 11.3 Å². The molecule has 3 aromatic heterocycles. The summed E-state index contributed by atoms with van der Waals surface area (Å²) in [5.74, 6) is 2.97. The monoisotopic (exact) mass is 488 g/mol. The second-order valence-corrected chi connectivity index (χ2v) is 9.40. The number of nitrogens with zero attached hydrogens (tertiary/aromatic N) is 6. The van der Waals surface area contributed by atoms with Gasteiger partial charge in [-0.05, 0) is 47.8 Å². The van der Waals surface area contributed by atoms with Crippen LogP contribution in [-0.2, 0) is 6.54 Å². The highest BCUT2D eigenvalue weighted by Crippen LogP contribution is 2.29. The molecule has 7 nitrogen and oxygen atoms in total. The van der Waals surface area contributed by atoms with E-state index in [0.29, 0.717) is 23.3 Å². The van der Waals surface area contributed by atoms with Gasteiger partial charge in [-0.2, -0.15) is 16.3 Å². The van der Waals surface area contributed by atoms with Crippen molar-refractivity contribution >= 4 is 39.7 Å². The minimum absolute atomic E-state index is 0.582. The number of fused-ring (bicyclic) bond motifs is 1. The Morgan fingerprint density at radius 1 is 0.853 bits per heavy atom. The zero-order chi connectivity index (χ0) is 22.9. The van der Waals surface area contributed by atoms with Crippen LogP contribution in [0.3, 0.4) is 0 Å². The van der Waals surface area contributed by atoms with Crippen molar-refractivity contribution in [1.82, 2.24) is 25.0 Å². The second kappa shape index (κ2) is 9.13. The predicted octanol–water partition coefficient (Wildman–Crippen LogP) is 5.38. The zero-order valence-corrected chi connectivity index (χ0v) is 19.8. The van der Waals surface area contributed by atoms with Crippen molar-refractivity contribution in [2.75, 3.05) is 31.1 Å². The van der Waals surface area contributed by atoms with Crippen molar-refractivity contribution < 1.29 is 4.52 Å². The minimum atomic E-state index is 0.582. The summed E-state index contributed by atoms with van der Waals surface area (Å²) in [6.07, 6.45) is 0. The Labute approximate surface area is 205 Å². The second-order valence-electron chi connectivity index (χ2n) is 8.18. The molecule has 0 radical (unpaired) electrons. The number of thiophene rings is 1. The average Bonchev–Trinajstić information content (AvgIpc) is 3.57. The van der Waals surface area contributed by atoms with Gasteiger partial charge in [-0.3, -0.25) is 4.90 Å². The summed E-state index contributed by atoms with van der Waals surface area (Å²) >= 11 is 7.63. The number of rotatable bonds is 5. The molecule has 6 rings (SSSR count). The summed E-state index contributed by atoms with van der Waals surface area (Å²) in [7, 11) is 0. The summed E-state index contributed by atoms with van der Waals surface area (Å²) in [6.45, 7) is 4.11. The van der Waals surface area contributed by atoms with Gasteiger partial charge >= 0.3 is 0 Å². The van der Waals surface area contributed by atoms with Gasteiger partial charge in [0, 0.05) is 53.1 Å². The van der Waals surface area contributed by atoms with Gasteiger partial charge in [-0.1, -0.05) is 28.9 Å². The van der Waals surface area contributed by atoms with Crippen molar-refractivity contribution in [2.45, 2.75) is 6.54 Å². The van der Waals surface area contributed by atoms with Gasteiger partial charge in [0.05, 0.1) is 12.1 Å². The number of para-hydroxylation sites is 1. The maximum atomic E-state index is 5.97. The Kier molecular flexibility index (Phi) is 5.70. The number of benzene rings is 2. The fourth-order valence-electron chi connectivity index (χ4n) is 4.17. The van der Waals surface area contributed by atoms with E-state index < -0.39 is 0 Å². The van der Waals surface area contributed by atoms with Crippen LogP contribution < -0.4 is 4.90 Å². The maximum Gasteiger partial charge on any atom is 0.241 e. The van der Waals surface area contributed by atoms with Crippen LogP contribution in [0, 0.1) is 0 Å². The van der Waals surface area contributed by atoms with Crippen LogP contribution in [-0.4, -0.2) is 51.2 Å². The van der Waals surface area contributed by atoms with E-state index in [4.69, 9.17) is 26.1 Å². The summed E-state index contributed by atoms with van der Waals surface area (Å²) in [5, 5.41) is 10.0. The molecule has 1 saturated heterocycles. The van der Waals surface area contributed by atoms with Crippen LogP contribution in [0.1, 0.15) is 5.89 Å². The highest BCUT2D eigenvalue weighted by Gasteiger charge is 2.23. The third-order valence-electron chi connectivity index (χ3n) is 5.96. The standard InChI is InChI=1S/C25H21ClN6OS/c26-19-7-5-17(6-8-19)24-28-22(33-30-24)15-31-10-12-32(13-11-31)25-20-3-1-2-4-21(20)27-23(29-25)18-9-14-34-16-18/h1-9,14,16H,10-13,15H2. The number of piperazine rings is 1. The first-order valence-electron chi connectivity index (χ1n) is 11.1. The molecule has 1 fully saturated rings. The first-order valence-corrected chi connectivity index (χ1v) is 12.4. The topological polar surface area (TPSA) is 71.2 Å². The normalized spacial score (nSPS) is 14.7. The van der Waals surface area contributed by atoms with Crippen molar-refractivity contribution in [3.63, 3.8) is 0 Å². The number of hydrogen-bond acceptors (Lipinski definition) is 8. The lowest BCUT2D eigenvalue weighted by Gasteiger charge is -2.35. The molecule has 0 bridgehead atoms. The molecule has 4 heterocycles. The van der Waals surface area contributed by atoms with Gasteiger partial charge in [0.1, 0.15) is 5.82 Å². The van der Waals surface area contributed by atoms with Crippen LogP contribution in [0.15, 0.2) is 69.9 Å². The molecule has 170 valence electrons.